The van der Waals surface area contributed by atoms with Crippen LogP contribution in [-0.4, -0.2) is 104 Å². The van der Waals surface area contributed by atoms with E-state index in [2.05, 4.69) is 17.6 Å². The van der Waals surface area contributed by atoms with Gasteiger partial charge in [-0.1, -0.05) is 95.7 Å². The Morgan fingerprint density at radius 3 is 1.52 bits per heavy atom. The normalized spacial score (nSPS) is 13.9. The number of nitrogens with one attached hydrogen (secondary N) is 3. The second-order valence-corrected chi connectivity index (χ2v) is 11.3. The zero-order valence-corrected chi connectivity index (χ0v) is 25.5. The molecule has 13 nitrogen and oxygen atoms in total. The Balaban J connectivity index is 4.72. The first-order valence-corrected chi connectivity index (χ1v) is 15.9. The van der Waals surface area contributed by atoms with Crippen molar-refractivity contribution in [3.63, 3.8) is 0 Å². The number of thioether (sulfide) groups is 1. The number of hydrogen-bond donors (Lipinski definition) is 8. The predicted molar refractivity (Wildman–Crippen MR) is 158 cm³/mol. The van der Waals surface area contributed by atoms with Crippen LogP contribution >= 0.6 is 11.8 Å². The average Bonchev–Trinajstić information content (AvgIpc) is 2.97. The van der Waals surface area contributed by atoms with Crippen LogP contribution in [0, 0.1) is 0 Å². The Bertz CT molecular complexity index is 802. The number of aliphatic hydroxyl groups is 4. The van der Waals surface area contributed by atoms with Gasteiger partial charge in [-0.05, 0) is 6.42 Å². The summed E-state index contributed by atoms with van der Waals surface area (Å²) < 4.78 is 0. The van der Waals surface area contributed by atoms with Gasteiger partial charge in [0.25, 0.3) is 0 Å². The molecule has 0 saturated heterocycles. The molecule has 14 heteroatoms. The Labute approximate surface area is 252 Å². The van der Waals surface area contributed by atoms with E-state index < -0.39 is 72.9 Å². The summed E-state index contributed by atoms with van der Waals surface area (Å²) in [5, 5.41) is 51.9. The zero-order chi connectivity index (χ0) is 31.8. The fourth-order valence-corrected chi connectivity index (χ4v) is 4.85. The highest BCUT2D eigenvalue weighted by Gasteiger charge is 2.30. The molecule has 42 heavy (non-hydrogen) atoms. The number of carbonyl (C=O) groups is 5. The van der Waals surface area contributed by atoms with Gasteiger partial charge in [0.1, 0.15) is 24.2 Å². The summed E-state index contributed by atoms with van der Waals surface area (Å²) in [7, 11) is 0. The molecule has 0 aliphatic heterocycles. The van der Waals surface area contributed by atoms with E-state index >= 15 is 0 Å². The van der Waals surface area contributed by atoms with Crippen LogP contribution in [0.4, 0.5) is 0 Å². The Hall–Kier alpha value is -2.26. The van der Waals surface area contributed by atoms with Crippen molar-refractivity contribution in [2.24, 2.45) is 0 Å². The lowest BCUT2D eigenvalue weighted by Gasteiger charge is -2.23. The number of aliphatic hydroxyl groups excluding tert-OH is 4. The highest BCUT2D eigenvalue weighted by molar-refractivity contribution is 8.13. The molecule has 0 saturated carbocycles. The van der Waals surface area contributed by atoms with E-state index in [1.54, 1.807) is 0 Å². The van der Waals surface area contributed by atoms with E-state index in [1.807, 2.05) is 5.32 Å². The summed E-state index contributed by atoms with van der Waals surface area (Å²) in [5.41, 5.74) is 0. The third kappa shape index (κ3) is 19.0. The van der Waals surface area contributed by atoms with Crippen molar-refractivity contribution in [3.8, 4) is 0 Å². The van der Waals surface area contributed by atoms with Crippen LogP contribution in [0.1, 0.15) is 96.8 Å². The maximum atomic E-state index is 12.9. The van der Waals surface area contributed by atoms with Crippen LogP contribution in [0.3, 0.4) is 0 Å². The van der Waals surface area contributed by atoms with E-state index in [0.717, 1.165) is 25.7 Å². The molecular weight excluding hydrogens is 570 g/mol. The van der Waals surface area contributed by atoms with Crippen LogP contribution < -0.4 is 16.0 Å². The van der Waals surface area contributed by atoms with Gasteiger partial charge in [-0.15, -0.1) is 0 Å². The number of carboxylic acids is 1. The van der Waals surface area contributed by atoms with Crippen molar-refractivity contribution < 1.29 is 49.5 Å². The number of amides is 3. The molecule has 0 rings (SSSR count). The van der Waals surface area contributed by atoms with Crippen molar-refractivity contribution in [1.82, 2.24) is 16.0 Å². The molecule has 0 aromatic rings. The number of hydrogen-bond acceptors (Lipinski definition) is 10. The molecule has 4 atom stereocenters. The van der Waals surface area contributed by atoms with Gasteiger partial charge < -0.3 is 41.5 Å². The van der Waals surface area contributed by atoms with Gasteiger partial charge in [0.15, 0.2) is 0 Å². The summed E-state index contributed by atoms with van der Waals surface area (Å²) in [6, 6.07) is -4.60. The molecular formula is C28H51N3O10S. The number of carboxylic acid groups (broad SMARTS) is 1. The standard InChI is InChI=1S/C28H51N3O10S/c1-2-3-4-5-6-7-8-9-10-11-12-13-14-15-24(36)29-22(19-42-28(41)23(35)18-34)26(38)30-20(16-32)25(37)31-21(17-33)27(39)40/h20-23,32-35H,2-19H2,1H3,(H,29,36)(H,30,38)(H,31,37)(H,39,40)/t20-,21-,22-,23?/m0/s1. The van der Waals surface area contributed by atoms with E-state index in [0.29, 0.717) is 18.2 Å². The molecule has 0 aliphatic rings. The van der Waals surface area contributed by atoms with Crippen LogP contribution in [-0.2, 0) is 24.0 Å². The number of aliphatic carboxylic acids is 1. The van der Waals surface area contributed by atoms with E-state index in [-0.39, 0.29) is 12.2 Å². The highest BCUT2D eigenvalue weighted by Crippen LogP contribution is 2.13. The van der Waals surface area contributed by atoms with Crippen LogP contribution in [0.25, 0.3) is 0 Å². The van der Waals surface area contributed by atoms with Gasteiger partial charge in [0.05, 0.1) is 19.8 Å². The van der Waals surface area contributed by atoms with Crippen LogP contribution in [0.15, 0.2) is 0 Å². The summed E-state index contributed by atoms with van der Waals surface area (Å²) >= 11 is 0.498. The molecule has 244 valence electrons. The predicted octanol–water partition coefficient (Wildman–Crippen LogP) is 0.604. The Morgan fingerprint density at radius 1 is 0.619 bits per heavy atom. The van der Waals surface area contributed by atoms with Gasteiger partial charge in [-0.25, -0.2) is 4.79 Å². The average molecular weight is 622 g/mol. The quantitative estimate of drug-likeness (QED) is 0.0625. The second-order valence-electron chi connectivity index (χ2n) is 10.3. The van der Waals surface area contributed by atoms with Crippen molar-refractivity contribution in [3.05, 3.63) is 0 Å². The zero-order valence-electron chi connectivity index (χ0n) is 24.7. The molecule has 8 N–H and O–H groups in total. The molecule has 0 aliphatic carbocycles. The number of carbonyl (C=O) groups excluding carboxylic acids is 4. The van der Waals surface area contributed by atoms with Gasteiger partial charge >= 0.3 is 5.97 Å². The molecule has 0 heterocycles. The molecule has 0 spiro atoms. The largest absolute Gasteiger partial charge is 0.480 e. The molecule has 0 radical (unpaired) electrons. The SMILES string of the molecule is CCCCCCCCCCCCCCCC(=O)N[C@@H](CSC(=O)C(O)CO)C(=O)N[C@@H](CO)C(=O)N[C@@H](CO)C(=O)O. The molecule has 0 fully saturated rings. The highest BCUT2D eigenvalue weighted by atomic mass is 32.2. The summed E-state index contributed by atoms with van der Waals surface area (Å²) in [6.45, 7) is -0.445. The van der Waals surface area contributed by atoms with Gasteiger partial charge in [0.2, 0.25) is 22.8 Å². The third-order valence-corrected chi connectivity index (χ3v) is 7.67. The summed E-state index contributed by atoms with van der Waals surface area (Å²) in [5.74, 6) is -4.34. The lowest BCUT2D eigenvalue weighted by atomic mass is 10.0. The Kier molecular flexibility index (Phi) is 23.9. The smallest absolute Gasteiger partial charge is 0.328 e. The molecule has 3 amide bonds. The van der Waals surface area contributed by atoms with Gasteiger partial charge in [-0.3, -0.25) is 19.2 Å². The minimum absolute atomic E-state index is 0.125. The fraction of sp³-hybridized carbons (Fsp3) is 0.821. The fourth-order valence-electron chi connectivity index (χ4n) is 4.01. The monoisotopic (exact) mass is 621 g/mol. The first-order chi connectivity index (χ1) is 20.1. The van der Waals surface area contributed by atoms with Crippen molar-refractivity contribution >= 4 is 40.6 Å². The topological polar surface area (TPSA) is 223 Å². The minimum Gasteiger partial charge on any atom is -0.480 e. The van der Waals surface area contributed by atoms with Crippen LogP contribution in [0.2, 0.25) is 0 Å². The van der Waals surface area contributed by atoms with Crippen molar-refractivity contribution in [2.45, 2.75) is 121 Å². The third-order valence-electron chi connectivity index (χ3n) is 6.61. The maximum Gasteiger partial charge on any atom is 0.328 e. The molecule has 0 aromatic carbocycles. The first-order valence-electron chi connectivity index (χ1n) is 14.9. The maximum absolute atomic E-state index is 12.9. The molecule has 0 bridgehead atoms. The molecule has 0 aromatic heterocycles. The Morgan fingerprint density at radius 2 is 1.07 bits per heavy atom. The lowest BCUT2D eigenvalue weighted by molar-refractivity contribution is -0.143. The van der Waals surface area contributed by atoms with Gasteiger partial charge in [0, 0.05) is 12.2 Å². The number of rotatable bonds is 26. The molecule has 1 unspecified atom stereocenters. The van der Waals surface area contributed by atoms with E-state index in [1.165, 1.54) is 51.4 Å². The van der Waals surface area contributed by atoms with E-state index in [4.69, 9.17) is 15.3 Å². The van der Waals surface area contributed by atoms with Crippen LogP contribution in [0.5, 0.6) is 0 Å². The lowest BCUT2D eigenvalue weighted by Crippen LogP contribution is -2.58. The van der Waals surface area contributed by atoms with Crippen molar-refractivity contribution in [1.29, 1.82) is 0 Å². The number of unbranched alkanes of at least 4 members (excludes halogenated alkanes) is 12. The van der Waals surface area contributed by atoms with E-state index in [9.17, 15) is 34.2 Å². The summed E-state index contributed by atoms with van der Waals surface area (Å²) in [6.07, 6.45) is 13.3. The van der Waals surface area contributed by atoms with Gasteiger partial charge in [-0.2, -0.15) is 0 Å². The first kappa shape index (κ1) is 39.7. The summed E-state index contributed by atoms with van der Waals surface area (Å²) in [4.78, 5) is 60.7. The second kappa shape index (κ2) is 25.3. The minimum atomic E-state index is -1.68. The van der Waals surface area contributed by atoms with Crippen molar-refractivity contribution in [2.75, 3.05) is 25.6 Å².